The molecule has 1 fully saturated rings. The molecule has 0 spiro atoms. The second kappa shape index (κ2) is 7.19. The Morgan fingerprint density at radius 2 is 1.87 bits per heavy atom. The summed E-state index contributed by atoms with van der Waals surface area (Å²) in [4.78, 5) is 20.6. The first-order chi connectivity index (χ1) is 11.3. The van der Waals surface area contributed by atoms with Gasteiger partial charge in [-0.25, -0.2) is 9.97 Å². The Morgan fingerprint density at radius 1 is 1.13 bits per heavy atom. The summed E-state index contributed by atoms with van der Waals surface area (Å²) >= 11 is 0. The average molecular weight is 311 g/mol. The fourth-order valence-corrected chi connectivity index (χ4v) is 2.66. The van der Waals surface area contributed by atoms with E-state index >= 15 is 0 Å². The SMILES string of the molecule is CNc1ncc(-c2ccc(NC(=O)[C@@H]3CCCCN3)cc2)cn1. The van der Waals surface area contributed by atoms with Crippen LogP contribution in [0.25, 0.3) is 11.1 Å². The van der Waals surface area contributed by atoms with Gasteiger partial charge in [0.15, 0.2) is 0 Å². The van der Waals surface area contributed by atoms with Gasteiger partial charge < -0.3 is 16.0 Å². The molecule has 1 aliphatic heterocycles. The number of anilines is 2. The van der Waals surface area contributed by atoms with Crippen molar-refractivity contribution in [3.8, 4) is 11.1 Å². The molecule has 1 amide bonds. The van der Waals surface area contributed by atoms with Crippen LogP contribution in [0.15, 0.2) is 36.7 Å². The molecular weight excluding hydrogens is 290 g/mol. The Labute approximate surface area is 135 Å². The largest absolute Gasteiger partial charge is 0.357 e. The van der Waals surface area contributed by atoms with Gasteiger partial charge in [0.1, 0.15) is 0 Å². The second-order valence-corrected chi connectivity index (χ2v) is 5.61. The summed E-state index contributed by atoms with van der Waals surface area (Å²) < 4.78 is 0. The van der Waals surface area contributed by atoms with Crippen molar-refractivity contribution in [2.45, 2.75) is 25.3 Å². The van der Waals surface area contributed by atoms with Crippen LogP contribution < -0.4 is 16.0 Å². The molecule has 2 heterocycles. The number of hydrogen-bond acceptors (Lipinski definition) is 5. The Morgan fingerprint density at radius 3 is 2.48 bits per heavy atom. The summed E-state index contributed by atoms with van der Waals surface area (Å²) in [7, 11) is 1.79. The van der Waals surface area contributed by atoms with Gasteiger partial charge in [-0.15, -0.1) is 0 Å². The molecule has 3 rings (SSSR count). The van der Waals surface area contributed by atoms with E-state index in [1.165, 1.54) is 0 Å². The molecule has 0 aliphatic carbocycles. The molecule has 0 radical (unpaired) electrons. The molecule has 6 nitrogen and oxygen atoms in total. The monoisotopic (exact) mass is 311 g/mol. The van der Waals surface area contributed by atoms with Crippen LogP contribution in [0.5, 0.6) is 0 Å². The fraction of sp³-hybridized carbons (Fsp3) is 0.353. The lowest BCUT2D eigenvalue weighted by molar-refractivity contribution is -0.118. The number of piperidine rings is 1. The summed E-state index contributed by atoms with van der Waals surface area (Å²) in [5.74, 6) is 0.636. The Bertz CT molecular complexity index is 648. The third-order valence-corrected chi connectivity index (χ3v) is 3.99. The van der Waals surface area contributed by atoms with Crippen molar-refractivity contribution in [3.63, 3.8) is 0 Å². The molecule has 3 N–H and O–H groups in total. The van der Waals surface area contributed by atoms with Crippen LogP contribution in [0.3, 0.4) is 0 Å². The minimum absolute atomic E-state index is 0.0409. The first-order valence-corrected chi connectivity index (χ1v) is 7.91. The van der Waals surface area contributed by atoms with Crippen molar-refractivity contribution in [2.75, 3.05) is 24.2 Å². The smallest absolute Gasteiger partial charge is 0.241 e. The highest BCUT2D eigenvalue weighted by Gasteiger charge is 2.20. The quantitative estimate of drug-likeness (QED) is 0.807. The van der Waals surface area contributed by atoms with Crippen molar-refractivity contribution < 1.29 is 4.79 Å². The van der Waals surface area contributed by atoms with Crippen LogP contribution in [0.1, 0.15) is 19.3 Å². The van der Waals surface area contributed by atoms with Gasteiger partial charge in [-0.1, -0.05) is 18.6 Å². The third-order valence-electron chi connectivity index (χ3n) is 3.99. The van der Waals surface area contributed by atoms with Crippen LogP contribution in [-0.2, 0) is 4.79 Å². The lowest BCUT2D eigenvalue weighted by atomic mass is 10.0. The molecule has 6 heteroatoms. The molecular formula is C17H21N5O. The van der Waals surface area contributed by atoms with E-state index in [9.17, 15) is 4.79 Å². The standard InChI is InChI=1S/C17H21N5O/c1-18-17-20-10-13(11-21-17)12-5-7-14(8-6-12)22-16(23)15-4-2-3-9-19-15/h5-8,10-11,15,19H,2-4,9H2,1H3,(H,22,23)(H,18,20,21)/t15-/m0/s1. The topological polar surface area (TPSA) is 78.9 Å². The van der Waals surface area contributed by atoms with E-state index in [4.69, 9.17) is 0 Å². The Balaban J connectivity index is 1.65. The van der Waals surface area contributed by atoms with Crippen molar-refractivity contribution in [3.05, 3.63) is 36.7 Å². The first-order valence-electron chi connectivity index (χ1n) is 7.91. The summed E-state index contributed by atoms with van der Waals surface area (Å²) in [5.41, 5.74) is 2.76. The van der Waals surface area contributed by atoms with E-state index < -0.39 is 0 Å². The summed E-state index contributed by atoms with van der Waals surface area (Å²) in [6, 6.07) is 7.65. The van der Waals surface area contributed by atoms with Gasteiger partial charge >= 0.3 is 0 Å². The molecule has 1 aromatic carbocycles. The molecule has 0 bridgehead atoms. The number of nitrogens with one attached hydrogen (secondary N) is 3. The zero-order valence-corrected chi connectivity index (χ0v) is 13.2. The zero-order chi connectivity index (χ0) is 16.1. The van der Waals surface area contributed by atoms with E-state index in [2.05, 4.69) is 25.9 Å². The molecule has 0 saturated carbocycles. The van der Waals surface area contributed by atoms with Crippen LogP contribution in [-0.4, -0.2) is 35.5 Å². The molecule has 1 aromatic heterocycles. The van der Waals surface area contributed by atoms with Crippen molar-refractivity contribution in [1.82, 2.24) is 15.3 Å². The van der Waals surface area contributed by atoms with Crippen LogP contribution in [0.2, 0.25) is 0 Å². The van der Waals surface area contributed by atoms with Crippen molar-refractivity contribution in [1.29, 1.82) is 0 Å². The summed E-state index contributed by atoms with van der Waals surface area (Å²) in [6.45, 7) is 0.916. The number of rotatable bonds is 4. The molecule has 1 saturated heterocycles. The average Bonchev–Trinajstić information content (AvgIpc) is 2.63. The Kier molecular flexibility index (Phi) is 4.83. The summed E-state index contributed by atoms with van der Waals surface area (Å²) in [6.07, 6.45) is 6.70. The predicted molar refractivity (Wildman–Crippen MR) is 91.3 cm³/mol. The van der Waals surface area contributed by atoms with Gasteiger partial charge in [0.25, 0.3) is 0 Å². The van der Waals surface area contributed by atoms with E-state index in [1.54, 1.807) is 19.4 Å². The van der Waals surface area contributed by atoms with Gasteiger partial charge in [-0.05, 0) is 37.1 Å². The minimum atomic E-state index is -0.0779. The number of amides is 1. The maximum atomic E-state index is 12.2. The van der Waals surface area contributed by atoms with Gasteiger partial charge in [-0.3, -0.25) is 4.79 Å². The van der Waals surface area contributed by atoms with E-state index in [0.717, 1.165) is 42.6 Å². The maximum absolute atomic E-state index is 12.2. The number of hydrogen-bond donors (Lipinski definition) is 3. The molecule has 1 aliphatic rings. The Hall–Kier alpha value is -2.47. The molecule has 0 unspecified atom stereocenters. The normalized spacial score (nSPS) is 17.5. The van der Waals surface area contributed by atoms with E-state index in [-0.39, 0.29) is 11.9 Å². The number of carbonyl (C=O) groups excluding carboxylic acids is 1. The van der Waals surface area contributed by atoms with Gasteiger partial charge in [0, 0.05) is 30.7 Å². The predicted octanol–water partition coefficient (Wildman–Crippen LogP) is 2.27. The van der Waals surface area contributed by atoms with E-state index in [0.29, 0.717) is 5.95 Å². The van der Waals surface area contributed by atoms with Crippen LogP contribution >= 0.6 is 0 Å². The number of aromatic nitrogens is 2. The highest BCUT2D eigenvalue weighted by Crippen LogP contribution is 2.21. The lowest BCUT2D eigenvalue weighted by Crippen LogP contribution is -2.43. The zero-order valence-electron chi connectivity index (χ0n) is 13.2. The van der Waals surface area contributed by atoms with Gasteiger partial charge in [-0.2, -0.15) is 0 Å². The highest BCUT2D eigenvalue weighted by molar-refractivity contribution is 5.95. The summed E-state index contributed by atoms with van der Waals surface area (Å²) in [5, 5.41) is 9.11. The van der Waals surface area contributed by atoms with E-state index in [1.807, 2.05) is 24.3 Å². The molecule has 120 valence electrons. The van der Waals surface area contributed by atoms with Crippen molar-refractivity contribution >= 4 is 17.5 Å². The lowest BCUT2D eigenvalue weighted by Gasteiger charge is -2.22. The maximum Gasteiger partial charge on any atom is 0.241 e. The molecule has 1 atom stereocenters. The first kappa shape index (κ1) is 15.4. The second-order valence-electron chi connectivity index (χ2n) is 5.61. The number of nitrogens with zero attached hydrogens (tertiary/aromatic N) is 2. The number of carbonyl (C=O) groups is 1. The van der Waals surface area contributed by atoms with Crippen molar-refractivity contribution in [2.24, 2.45) is 0 Å². The molecule has 2 aromatic rings. The number of benzene rings is 1. The fourth-order valence-electron chi connectivity index (χ4n) is 2.66. The van der Waals surface area contributed by atoms with Gasteiger partial charge in [0.2, 0.25) is 11.9 Å². The third kappa shape index (κ3) is 3.84. The van der Waals surface area contributed by atoms with Crippen LogP contribution in [0.4, 0.5) is 11.6 Å². The molecule has 23 heavy (non-hydrogen) atoms. The minimum Gasteiger partial charge on any atom is -0.357 e. The van der Waals surface area contributed by atoms with Crippen LogP contribution in [0, 0.1) is 0 Å². The highest BCUT2D eigenvalue weighted by atomic mass is 16.2. The van der Waals surface area contributed by atoms with Gasteiger partial charge in [0.05, 0.1) is 6.04 Å².